The van der Waals surface area contributed by atoms with Gasteiger partial charge in [-0.3, -0.25) is 4.79 Å². The van der Waals surface area contributed by atoms with Gasteiger partial charge in [0, 0.05) is 18.1 Å². The average molecular weight is 451 g/mol. The standard InChI is InChI=1S/C20H19ClN2O4S2/c1-13(19(24)23-8-10-29(25,26)11-9-23)14-2-5-16(6-3-14)27-20-22-17-7-4-15(21)12-18(17)28-20/h2-7,12-13H,8-11H2,1H3. The minimum absolute atomic E-state index is 0.0334. The molecule has 1 aromatic heterocycles. The van der Waals surface area contributed by atoms with E-state index in [1.54, 1.807) is 23.1 Å². The zero-order valence-electron chi connectivity index (χ0n) is 15.7. The lowest BCUT2D eigenvalue weighted by Crippen LogP contribution is -2.45. The van der Waals surface area contributed by atoms with Crippen molar-refractivity contribution in [3.63, 3.8) is 0 Å². The topological polar surface area (TPSA) is 76.6 Å². The zero-order chi connectivity index (χ0) is 20.6. The monoisotopic (exact) mass is 450 g/mol. The fraction of sp³-hybridized carbons (Fsp3) is 0.300. The second-order valence-corrected chi connectivity index (χ2v) is 10.7. The highest BCUT2D eigenvalue weighted by atomic mass is 35.5. The predicted molar refractivity (Wildman–Crippen MR) is 115 cm³/mol. The number of aromatic nitrogens is 1. The van der Waals surface area contributed by atoms with Gasteiger partial charge in [-0.15, -0.1) is 0 Å². The molecule has 0 saturated carbocycles. The first-order chi connectivity index (χ1) is 13.8. The van der Waals surface area contributed by atoms with Crippen LogP contribution in [0.5, 0.6) is 10.9 Å². The maximum atomic E-state index is 12.7. The van der Waals surface area contributed by atoms with Gasteiger partial charge in [0.1, 0.15) is 5.75 Å². The maximum absolute atomic E-state index is 12.7. The van der Waals surface area contributed by atoms with Crippen LogP contribution in [0.1, 0.15) is 18.4 Å². The minimum Gasteiger partial charge on any atom is -0.431 e. The summed E-state index contributed by atoms with van der Waals surface area (Å²) < 4.78 is 29.9. The van der Waals surface area contributed by atoms with Crippen molar-refractivity contribution in [1.29, 1.82) is 0 Å². The molecule has 1 saturated heterocycles. The Hall–Kier alpha value is -2.16. The lowest BCUT2D eigenvalue weighted by atomic mass is 9.99. The van der Waals surface area contributed by atoms with E-state index in [1.807, 2.05) is 31.2 Å². The number of sulfone groups is 1. The molecule has 1 aliphatic rings. The molecule has 2 heterocycles. The van der Waals surface area contributed by atoms with Gasteiger partial charge in [0.05, 0.1) is 27.6 Å². The van der Waals surface area contributed by atoms with E-state index in [9.17, 15) is 13.2 Å². The van der Waals surface area contributed by atoms with Crippen LogP contribution < -0.4 is 4.74 Å². The van der Waals surface area contributed by atoms with Crippen LogP contribution in [0.3, 0.4) is 0 Å². The number of nitrogens with zero attached hydrogens (tertiary/aromatic N) is 2. The van der Waals surface area contributed by atoms with Crippen molar-refractivity contribution >= 4 is 48.9 Å². The van der Waals surface area contributed by atoms with Gasteiger partial charge in [-0.25, -0.2) is 13.4 Å². The Labute approximate surface area is 178 Å². The number of hydrogen-bond acceptors (Lipinski definition) is 6. The molecule has 4 rings (SSSR count). The van der Waals surface area contributed by atoms with Crippen LogP contribution in [0.2, 0.25) is 5.02 Å². The Balaban J connectivity index is 1.43. The molecule has 2 aromatic carbocycles. The molecule has 0 bridgehead atoms. The molecule has 9 heteroatoms. The normalized spacial score (nSPS) is 17.2. The highest BCUT2D eigenvalue weighted by Gasteiger charge is 2.28. The fourth-order valence-corrected chi connectivity index (χ4v) is 5.51. The summed E-state index contributed by atoms with van der Waals surface area (Å²) in [7, 11) is -3.01. The van der Waals surface area contributed by atoms with E-state index in [2.05, 4.69) is 4.98 Å². The summed E-state index contributed by atoms with van der Waals surface area (Å²) in [5, 5.41) is 1.18. The van der Waals surface area contributed by atoms with E-state index in [4.69, 9.17) is 16.3 Å². The molecular formula is C20H19ClN2O4S2. The van der Waals surface area contributed by atoms with Gasteiger partial charge in [0.15, 0.2) is 9.84 Å². The van der Waals surface area contributed by atoms with Crippen LogP contribution in [0.25, 0.3) is 10.2 Å². The van der Waals surface area contributed by atoms with Gasteiger partial charge in [-0.05, 0) is 42.8 Å². The summed E-state index contributed by atoms with van der Waals surface area (Å²) in [5.41, 5.74) is 1.68. The van der Waals surface area contributed by atoms with Crippen LogP contribution in [-0.2, 0) is 14.6 Å². The summed E-state index contributed by atoms with van der Waals surface area (Å²) in [5.74, 6) is 0.283. The molecule has 29 heavy (non-hydrogen) atoms. The molecule has 0 N–H and O–H groups in total. The lowest BCUT2D eigenvalue weighted by molar-refractivity contribution is -0.132. The highest BCUT2D eigenvalue weighted by molar-refractivity contribution is 7.91. The van der Waals surface area contributed by atoms with Gasteiger partial charge < -0.3 is 9.64 Å². The van der Waals surface area contributed by atoms with Crippen LogP contribution in [0.15, 0.2) is 42.5 Å². The van der Waals surface area contributed by atoms with Gasteiger partial charge in [0.2, 0.25) is 5.91 Å². The van der Waals surface area contributed by atoms with Crippen LogP contribution in [0, 0.1) is 0 Å². The van der Waals surface area contributed by atoms with E-state index in [0.29, 0.717) is 16.0 Å². The van der Waals surface area contributed by atoms with Crippen molar-refractivity contribution in [3.8, 4) is 10.9 Å². The molecule has 152 valence electrons. The van der Waals surface area contributed by atoms with Crippen molar-refractivity contribution in [3.05, 3.63) is 53.1 Å². The Kier molecular flexibility index (Phi) is 5.50. The van der Waals surface area contributed by atoms with E-state index >= 15 is 0 Å². The number of carbonyl (C=O) groups excluding carboxylic acids is 1. The molecule has 1 fully saturated rings. The number of amides is 1. The van der Waals surface area contributed by atoms with Crippen molar-refractivity contribution < 1.29 is 17.9 Å². The summed E-state index contributed by atoms with van der Waals surface area (Å²) in [6, 6.07) is 12.8. The highest BCUT2D eigenvalue weighted by Crippen LogP contribution is 2.33. The Morgan fingerprint density at radius 2 is 1.86 bits per heavy atom. The molecule has 6 nitrogen and oxygen atoms in total. The molecule has 0 spiro atoms. The van der Waals surface area contributed by atoms with Gasteiger partial charge in [-0.2, -0.15) is 0 Å². The van der Waals surface area contributed by atoms with E-state index < -0.39 is 9.84 Å². The van der Waals surface area contributed by atoms with E-state index in [-0.39, 0.29) is 36.4 Å². The number of fused-ring (bicyclic) bond motifs is 1. The molecule has 0 aliphatic carbocycles. The molecule has 1 aliphatic heterocycles. The van der Waals surface area contributed by atoms with Crippen LogP contribution >= 0.6 is 22.9 Å². The summed E-state index contributed by atoms with van der Waals surface area (Å²) in [6.45, 7) is 2.35. The average Bonchev–Trinajstić information content (AvgIpc) is 3.09. The Morgan fingerprint density at radius 1 is 1.17 bits per heavy atom. The Bertz CT molecular complexity index is 1140. The lowest BCUT2D eigenvalue weighted by Gasteiger charge is -2.29. The molecular weight excluding hydrogens is 432 g/mol. The molecule has 1 amide bonds. The van der Waals surface area contributed by atoms with E-state index in [0.717, 1.165) is 15.8 Å². The quantitative estimate of drug-likeness (QED) is 0.598. The summed E-state index contributed by atoms with van der Waals surface area (Å²) in [4.78, 5) is 18.8. The second-order valence-electron chi connectivity index (χ2n) is 6.96. The van der Waals surface area contributed by atoms with Crippen molar-refractivity contribution in [2.75, 3.05) is 24.6 Å². The number of halogens is 1. The number of thiazole rings is 1. The van der Waals surface area contributed by atoms with Gasteiger partial charge in [0.25, 0.3) is 5.19 Å². The minimum atomic E-state index is -3.01. The second kappa shape index (κ2) is 7.93. The number of benzene rings is 2. The zero-order valence-corrected chi connectivity index (χ0v) is 18.1. The smallest absolute Gasteiger partial charge is 0.279 e. The third kappa shape index (κ3) is 4.55. The Morgan fingerprint density at radius 3 is 2.55 bits per heavy atom. The maximum Gasteiger partial charge on any atom is 0.279 e. The number of ether oxygens (including phenoxy) is 1. The number of hydrogen-bond donors (Lipinski definition) is 0. The molecule has 3 aromatic rings. The van der Waals surface area contributed by atoms with Crippen LogP contribution in [0.4, 0.5) is 0 Å². The van der Waals surface area contributed by atoms with Crippen molar-refractivity contribution in [1.82, 2.24) is 9.88 Å². The number of rotatable bonds is 4. The first-order valence-corrected chi connectivity index (χ1v) is 12.2. The fourth-order valence-electron chi connectivity index (χ4n) is 3.20. The summed E-state index contributed by atoms with van der Waals surface area (Å²) >= 11 is 7.42. The third-order valence-electron chi connectivity index (χ3n) is 4.94. The number of carbonyl (C=O) groups is 1. The molecule has 0 radical (unpaired) electrons. The molecule has 1 unspecified atom stereocenters. The SMILES string of the molecule is CC(C(=O)N1CCS(=O)(=O)CC1)c1ccc(Oc2nc3ccc(Cl)cc3s2)cc1. The van der Waals surface area contributed by atoms with Crippen LogP contribution in [-0.4, -0.2) is 48.8 Å². The van der Waals surface area contributed by atoms with Crippen molar-refractivity contribution in [2.45, 2.75) is 12.8 Å². The summed E-state index contributed by atoms with van der Waals surface area (Å²) in [6.07, 6.45) is 0. The van der Waals surface area contributed by atoms with Crippen molar-refractivity contribution in [2.24, 2.45) is 0 Å². The largest absolute Gasteiger partial charge is 0.431 e. The predicted octanol–water partition coefficient (Wildman–Crippen LogP) is 4.10. The first kappa shape index (κ1) is 20.1. The van der Waals surface area contributed by atoms with Gasteiger partial charge in [-0.1, -0.05) is 35.1 Å². The van der Waals surface area contributed by atoms with E-state index in [1.165, 1.54) is 11.3 Å². The van der Waals surface area contributed by atoms with Gasteiger partial charge >= 0.3 is 0 Å². The first-order valence-electron chi connectivity index (χ1n) is 9.14. The third-order valence-corrected chi connectivity index (χ3v) is 7.68. The molecule has 1 atom stereocenters.